The molecule has 0 saturated heterocycles. The highest BCUT2D eigenvalue weighted by atomic mass is 16.5. The summed E-state index contributed by atoms with van der Waals surface area (Å²) in [5, 5.41) is 0. The Kier molecular flexibility index (Phi) is 5.08. The van der Waals surface area contributed by atoms with Crippen LogP contribution in [-0.4, -0.2) is 11.6 Å². The van der Waals surface area contributed by atoms with Crippen molar-refractivity contribution in [1.29, 1.82) is 0 Å². The van der Waals surface area contributed by atoms with Crippen LogP contribution in [0, 0.1) is 10.8 Å². The average molecular weight is 443 g/mol. The number of hydrogen-bond acceptors (Lipinski definition) is 4. The third kappa shape index (κ3) is 4.15. The lowest BCUT2D eigenvalue weighted by atomic mass is 9.65. The quantitative estimate of drug-likeness (QED) is 0.520. The van der Waals surface area contributed by atoms with Gasteiger partial charge in [-0.15, -0.1) is 0 Å². The monoisotopic (exact) mass is 442 g/mol. The van der Waals surface area contributed by atoms with Gasteiger partial charge in [-0.25, -0.2) is 0 Å². The van der Waals surface area contributed by atoms with Crippen LogP contribution in [0.4, 0.5) is 0 Å². The molecule has 1 aliphatic heterocycles. The fourth-order valence-electron chi connectivity index (χ4n) is 5.39. The molecule has 0 saturated carbocycles. The van der Waals surface area contributed by atoms with Gasteiger partial charge >= 0.3 is 0 Å². The molecule has 0 amide bonds. The highest BCUT2D eigenvalue weighted by Crippen LogP contribution is 2.53. The Morgan fingerprint density at radius 1 is 0.727 bits per heavy atom. The van der Waals surface area contributed by atoms with E-state index in [0.29, 0.717) is 42.6 Å². The first kappa shape index (κ1) is 21.7. The van der Waals surface area contributed by atoms with Crippen LogP contribution in [0.1, 0.15) is 64.9 Å². The van der Waals surface area contributed by atoms with E-state index in [1.807, 2.05) is 54.6 Å². The van der Waals surface area contributed by atoms with E-state index < -0.39 is 5.92 Å². The Balaban J connectivity index is 1.62. The van der Waals surface area contributed by atoms with E-state index in [0.717, 1.165) is 22.8 Å². The first-order valence-corrected chi connectivity index (χ1v) is 11.7. The molecule has 4 nitrogen and oxygen atoms in total. The summed E-state index contributed by atoms with van der Waals surface area (Å²) in [7, 11) is 0. The maximum Gasteiger partial charge on any atom is 0.163 e. The van der Waals surface area contributed by atoms with Gasteiger partial charge in [0.05, 0.1) is 0 Å². The van der Waals surface area contributed by atoms with E-state index in [4.69, 9.17) is 9.47 Å². The Morgan fingerprint density at radius 2 is 1.27 bits per heavy atom. The van der Waals surface area contributed by atoms with Crippen molar-refractivity contribution < 1.29 is 19.1 Å². The molecule has 170 valence electrons. The molecule has 1 heterocycles. The van der Waals surface area contributed by atoms with E-state index in [9.17, 15) is 9.59 Å². The lowest BCUT2D eigenvalue weighted by Crippen LogP contribution is -2.37. The second kappa shape index (κ2) is 7.72. The number of benzene rings is 2. The Labute approximate surface area is 195 Å². The molecule has 2 aliphatic carbocycles. The summed E-state index contributed by atoms with van der Waals surface area (Å²) in [5.74, 6) is 2.64. The molecule has 0 unspecified atom stereocenters. The lowest BCUT2D eigenvalue weighted by molar-refractivity contribution is -0.120. The highest BCUT2D eigenvalue weighted by Gasteiger charge is 2.47. The molecule has 5 rings (SSSR count). The second-order valence-corrected chi connectivity index (χ2v) is 11.1. The zero-order chi connectivity index (χ0) is 23.4. The average Bonchev–Trinajstić information content (AvgIpc) is 2.71. The van der Waals surface area contributed by atoms with Crippen molar-refractivity contribution in [3.63, 3.8) is 0 Å². The minimum atomic E-state index is -0.407. The normalized spacial score (nSPS) is 21.9. The van der Waals surface area contributed by atoms with Gasteiger partial charge in [0, 0.05) is 42.7 Å². The predicted molar refractivity (Wildman–Crippen MR) is 127 cm³/mol. The zero-order valence-corrected chi connectivity index (χ0v) is 19.7. The fourth-order valence-corrected chi connectivity index (χ4v) is 5.39. The molecule has 0 radical (unpaired) electrons. The molecule has 2 aromatic rings. The van der Waals surface area contributed by atoms with Gasteiger partial charge in [-0.05, 0) is 40.7 Å². The van der Waals surface area contributed by atoms with Crippen molar-refractivity contribution in [1.82, 2.24) is 0 Å². The van der Waals surface area contributed by atoms with E-state index in [1.54, 1.807) is 0 Å². The number of carbonyl (C=O) groups is 2. The van der Waals surface area contributed by atoms with Gasteiger partial charge < -0.3 is 9.47 Å². The summed E-state index contributed by atoms with van der Waals surface area (Å²) >= 11 is 0. The molecule has 4 heteroatoms. The van der Waals surface area contributed by atoms with E-state index in [2.05, 4.69) is 27.7 Å². The number of allylic oxidation sites excluding steroid dienone is 4. The van der Waals surface area contributed by atoms with Crippen molar-refractivity contribution in [2.75, 3.05) is 0 Å². The first-order chi connectivity index (χ1) is 15.6. The van der Waals surface area contributed by atoms with Gasteiger partial charge in [0.1, 0.15) is 23.0 Å². The minimum absolute atomic E-state index is 0.0739. The SMILES string of the molecule is CC1(C)CC(=O)C2=C(C1)OC1=C(C(=O)CC(C)(C)C1)C2c1cccc(Oc2ccccc2)c1. The van der Waals surface area contributed by atoms with Crippen molar-refractivity contribution in [3.05, 3.63) is 82.8 Å². The van der Waals surface area contributed by atoms with Crippen LogP contribution in [0.15, 0.2) is 77.3 Å². The molecule has 3 aliphatic rings. The number of para-hydroxylation sites is 1. The molecular formula is C29H30O4. The Bertz CT molecular complexity index is 1150. The van der Waals surface area contributed by atoms with Crippen LogP contribution in [0.25, 0.3) is 0 Å². The summed E-state index contributed by atoms with van der Waals surface area (Å²) in [4.78, 5) is 26.8. The summed E-state index contributed by atoms with van der Waals surface area (Å²) in [6.07, 6.45) is 2.29. The van der Waals surface area contributed by atoms with Crippen LogP contribution < -0.4 is 4.74 Å². The first-order valence-electron chi connectivity index (χ1n) is 11.7. The van der Waals surface area contributed by atoms with Crippen LogP contribution in [-0.2, 0) is 14.3 Å². The summed E-state index contributed by atoms with van der Waals surface area (Å²) in [5.41, 5.74) is 1.87. The van der Waals surface area contributed by atoms with Crippen molar-refractivity contribution >= 4 is 11.6 Å². The topological polar surface area (TPSA) is 52.6 Å². The molecular weight excluding hydrogens is 412 g/mol. The number of ether oxygens (including phenoxy) is 2. The number of rotatable bonds is 3. The van der Waals surface area contributed by atoms with Crippen LogP contribution >= 0.6 is 0 Å². The fraction of sp³-hybridized carbons (Fsp3) is 0.379. The van der Waals surface area contributed by atoms with Gasteiger partial charge in [0.15, 0.2) is 11.6 Å². The number of ketones is 2. The standard InChI is InChI=1S/C29H30O4/c1-28(2)14-21(30)26-23(16-28)33-24-17-29(3,4)15-22(31)27(24)25(26)18-9-8-12-20(13-18)32-19-10-6-5-7-11-19/h5-13,25H,14-17H2,1-4H3. The molecule has 33 heavy (non-hydrogen) atoms. The van der Waals surface area contributed by atoms with Crippen LogP contribution in [0.3, 0.4) is 0 Å². The summed E-state index contributed by atoms with van der Waals surface area (Å²) < 4.78 is 12.4. The van der Waals surface area contributed by atoms with Gasteiger partial charge in [-0.1, -0.05) is 58.0 Å². The zero-order valence-electron chi connectivity index (χ0n) is 19.7. The van der Waals surface area contributed by atoms with Gasteiger partial charge in [-0.3, -0.25) is 9.59 Å². The Morgan fingerprint density at radius 3 is 1.85 bits per heavy atom. The van der Waals surface area contributed by atoms with Crippen molar-refractivity contribution in [3.8, 4) is 11.5 Å². The largest absolute Gasteiger partial charge is 0.465 e. The van der Waals surface area contributed by atoms with Gasteiger partial charge in [-0.2, -0.15) is 0 Å². The maximum atomic E-state index is 13.4. The van der Waals surface area contributed by atoms with E-state index in [1.165, 1.54) is 0 Å². The minimum Gasteiger partial charge on any atom is -0.465 e. The molecule has 0 N–H and O–H groups in total. The molecule has 0 atom stereocenters. The molecule has 0 bridgehead atoms. The van der Waals surface area contributed by atoms with Gasteiger partial charge in [0.25, 0.3) is 0 Å². The number of Topliss-reactive ketones (excluding diaryl/α,β-unsaturated/α-hetero) is 2. The van der Waals surface area contributed by atoms with Crippen molar-refractivity contribution in [2.24, 2.45) is 10.8 Å². The van der Waals surface area contributed by atoms with Crippen molar-refractivity contribution in [2.45, 2.75) is 59.3 Å². The summed E-state index contributed by atoms with van der Waals surface area (Å²) in [6, 6.07) is 17.4. The Hall–Kier alpha value is -3.14. The third-order valence-electron chi connectivity index (χ3n) is 6.75. The van der Waals surface area contributed by atoms with Crippen LogP contribution in [0.5, 0.6) is 11.5 Å². The third-order valence-corrected chi connectivity index (χ3v) is 6.75. The molecule has 0 spiro atoms. The van der Waals surface area contributed by atoms with E-state index >= 15 is 0 Å². The highest BCUT2D eigenvalue weighted by molar-refractivity contribution is 6.06. The van der Waals surface area contributed by atoms with Gasteiger partial charge in [0.2, 0.25) is 0 Å². The smallest absolute Gasteiger partial charge is 0.163 e. The number of carbonyl (C=O) groups excluding carboxylic acids is 2. The molecule has 0 aromatic heterocycles. The summed E-state index contributed by atoms with van der Waals surface area (Å²) in [6.45, 7) is 8.39. The van der Waals surface area contributed by atoms with Crippen LogP contribution in [0.2, 0.25) is 0 Å². The predicted octanol–water partition coefficient (Wildman–Crippen LogP) is 6.88. The van der Waals surface area contributed by atoms with E-state index in [-0.39, 0.29) is 22.4 Å². The second-order valence-electron chi connectivity index (χ2n) is 11.1. The maximum absolute atomic E-state index is 13.4. The molecule has 2 aromatic carbocycles. The lowest BCUT2D eigenvalue weighted by Gasteiger charge is -2.42. The molecule has 0 fully saturated rings. The number of hydrogen-bond donors (Lipinski definition) is 0.